The molecule has 116 valence electrons. The van der Waals surface area contributed by atoms with E-state index in [4.69, 9.17) is 24.3 Å². The Balaban J connectivity index is 1.79. The quantitative estimate of drug-likeness (QED) is 0.562. The van der Waals surface area contributed by atoms with Crippen LogP contribution in [0.15, 0.2) is 48.5 Å². The smallest absolute Gasteiger partial charge is 0.488 e. The number of rotatable bonds is 8. The number of benzene rings is 2. The molecule has 0 atom stereocenters. The van der Waals surface area contributed by atoms with Crippen molar-refractivity contribution in [2.24, 2.45) is 0 Å². The number of hydrogen-bond donors (Lipinski definition) is 2. The van der Waals surface area contributed by atoms with Gasteiger partial charge in [-0.25, -0.2) is 0 Å². The Morgan fingerprint density at radius 2 is 1.73 bits per heavy atom. The maximum Gasteiger partial charge on any atom is 0.488 e. The van der Waals surface area contributed by atoms with Gasteiger partial charge in [-0.1, -0.05) is 36.4 Å². The molecule has 0 fully saturated rings. The Morgan fingerprint density at radius 3 is 2.41 bits per heavy atom. The number of methoxy groups -OCH3 is 1. The minimum atomic E-state index is -1.53. The highest BCUT2D eigenvalue weighted by Crippen LogP contribution is 2.25. The van der Waals surface area contributed by atoms with Crippen molar-refractivity contribution in [1.82, 2.24) is 0 Å². The predicted octanol–water partition coefficient (Wildman–Crippen LogP) is 0.971. The zero-order valence-electron chi connectivity index (χ0n) is 12.4. The molecule has 0 spiro atoms. The third-order valence-electron chi connectivity index (χ3n) is 3.08. The molecule has 2 aromatic carbocycles. The lowest BCUT2D eigenvalue weighted by Crippen LogP contribution is -2.29. The molecule has 5 nitrogen and oxygen atoms in total. The minimum absolute atomic E-state index is 0.351. The van der Waals surface area contributed by atoms with Gasteiger partial charge in [0.05, 0.1) is 20.3 Å². The lowest BCUT2D eigenvalue weighted by atomic mass is 9.80. The first-order valence-corrected chi connectivity index (χ1v) is 6.99. The minimum Gasteiger partial charge on any atom is -0.493 e. The second kappa shape index (κ2) is 8.43. The maximum absolute atomic E-state index is 9.13. The molecule has 2 aromatic rings. The summed E-state index contributed by atoms with van der Waals surface area (Å²) in [7, 11) is -0.0288. The van der Waals surface area contributed by atoms with Gasteiger partial charge >= 0.3 is 7.12 Å². The highest BCUT2D eigenvalue weighted by molar-refractivity contribution is 6.58. The van der Waals surface area contributed by atoms with Gasteiger partial charge in [-0.2, -0.15) is 0 Å². The molecule has 0 aliphatic rings. The van der Waals surface area contributed by atoms with Crippen molar-refractivity contribution in [1.29, 1.82) is 0 Å². The van der Waals surface area contributed by atoms with E-state index in [2.05, 4.69) is 0 Å². The van der Waals surface area contributed by atoms with Crippen LogP contribution in [0.5, 0.6) is 11.5 Å². The van der Waals surface area contributed by atoms with E-state index in [1.165, 1.54) is 13.2 Å². The van der Waals surface area contributed by atoms with Crippen molar-refractivity contribution >= 4 is 12.6 Å². The zero-order chi connectivity index (χ0) is 15.8. The molecular weight excluding hydrogens is 283 g/mol. The average Bonchev–Trinajstić information content (AvgIpc) is 2.55. The van der Waals surface area contributed by atoms with Crippen molar-refractivity contribution in [2.75, 3.05) is 20.3 Å². The van der Waals surface area contributed by atoms with Gasteiger partial charge in [-0.05, 0) is 23.2 Å². The topological polar surface area (TPSA) is 68.2 Å². The van der Waals surface area contributed by atoms with E-state index in [1.54, 1.807) is 12.1 Å². The number of hydrogen-bond acceptors (Lipinski definition) is 5. The summed E-state index contributed by atoms with van der Waals surface area (Å²) in [5.74, 6) is 0.990. The van der Waals surface area contributed by atoms with Crippen LogP contribution in [0, 0.1) is 0 Å². The normalized spacial score (nSPS) is 10.3. The molecule has 0 saturated carbocycles. The summed E-state index contributed by atoms with van der Waals surface area (Å²) >= 11 is 0. The molecule has 0 amide bonds. The standard InChI is InChI=1S/C16H19BO5/c1-20-16-11-14(17(18)19)7-8-15(16)22-10-9-21-12-13-5-3-2-4-6-13/h2-8,11,18-19H,9-10,12H2,1H3. The molecule has 0 unspecified atom stereocenters. The van der Waals surface area contributed by atoms with Gasteiger partial charge in [0, 0.05) is 0 Å². The van der Waals surface area contributed by atoms with E-state index in [-0.39, 0.29) is 0 Å². The second-order valence-corrected chi connectivity index (χ2v) is 4.67. The first kappa shape index (κ1) is 16.4. The van der Waals surface area contributed by atoms with Gasteiger partial charge < -0.3 is 24.3 Å². The van der Waals surface area contributed by atoms with Gasteiger partial charge in [0.15, 0.2) is 11.5 Å². The molecule has 2 rings (SSSR count). The molecule has 0 aromatic heterocycles. The molecule has 0 heterocycles. The molecule has 2 N–H and O–H groups in total. The van der Waals surface area contributed by atoms with E-state index >= 15 is 0 Å². The maximum atomic E-state index is 9.13. The fourth-order valence-corrected chi connectivity index (χ4v) is 1.94. The molecule has 6 heteroatoms. The average molecular weight is 302 g/mol. The Hall–Kier alpha value is -2.02. The highest BCUT2D eigenvalue weighted by Gasteiger charge is 2.14. The summed E-state index contributed by atoms with van der Waals surface area (Å²) in [5, 5.41) is 18.3. The molecule has 0 saturated heterocycles. The van der Waals surface area contributed by atoms with Crippen LogP contribution in [-0.4, -0.2) is 37.5 Å². The fourth-order valence-electron chi connectivity index (χ4n) is 1.94. The van der Waals surface area contributed by atoms with Crippen molar-refractivity contribution in [3.63, 3.8) is 0 Å². The Bertz CT molecular complexity index is 574. The summed E-state index contributed by atoms with van der Waals surface area (Å²) in [6.45, 7) is 1.36. The fraction of sp³-hybridized carbons (Fsp3) is 0.250. The van der Waals surface area contributed by atoms with Crippen molar-refractivity contribution in [3.05, 3.63) is 54.1 Å². The lowest BCUT2D eigenvalue weighted by Gasteiger charge is -2.12. The van der Waals surface area contributed by atoms with Crippen molar-refractivity contribution in [2.45, 2.75) is 6.61 Å². The summed E-state index contributed by atoms with van der Waals surface area (Å²) in [4.78, 5) is 0. The van der Waals surface area contributed by atoms with E-state index in [0.29, 0.717) is 36.8 Å². The summed E-state index contributed by atoms with van der Waals surface area (Å²) < 4.78 is 16.3. The monoisotopic (exact) mass is 302 g/mol. The SMILES string of the molecule is COc1cc(B(O)O)ccc1OCCOCc1ccccc1. The third kappa shape index (κ3) is 4.77. The second-order valence-electron chi connectivity index (χ2n) is 4.67. The van der Waals surface area contributed by atoms with Gasteiger partial charge in [-0.3, -0.25) is 0 Å². The van der Waals surface area contributed by atoms with Crippen LogP contribution >= 0.6 is 0 Å². The zero-order valence-corrected chi connectivity index (χ0v) is 12.4. The Labute approximate surface area is 130 Å². The number of ether oxygens (including phenoxy) is 3. The van der Waals surface area contributed by atoms with Gasteiger partial charge in [0.1, 0.15) is 6.61 Å². The van der Waals surface area contributed by atoms with Crippen LogP contribution < -0.4 is 14.9 Å². The largest absolute Gasteiger partial charge is 0.493 e. The van der Waals surface area contributed by atoms with Gasteiger partial charge in [-0.15, -0.1) is 0 Å². The van der Waals surface area contributed by atoms with Crippen LogP contribution in [0.1, 0.15) is 5.56 Å². The van der Waals surface area contributed by atoms with E-state index < -0.39 is 7.12 Å². The summed E-state index contributed by atoms with van der Waals surface area (Å²) in [5.41, 5.74) is 1.46. The van der Waals surface area contributed by atoms with Crippen LogP contribution in [0.4, 0.5) is 0 Å². The van der Waals surface area contributed by atoms with Gasteiger partial charge in [0.2, 0.25) is 0 Å². The first-order valence-electron chi connectivity index (χ1n) is 6.99. The molecule has 0 bridgehead atoms. The summed E-state index contributed by atoms with van der Waals surface area (Å²) in [6.07, 6.45) is 0. The predicted molar refractivity (Wildman–Crippen MR) is 84.4 cm³/mol. The lowest BCUT2D eigenvalue weighted by molar-refractivity contribution is 0.0880. The van der Waals surface area contributed by atoms with Crippen molar-refractivity contribution < 1.29 is 24.3 Å². The molecular formula is C16H19BO5. The molecule has 0 aliphatic heterocycles. The first-order chi connectivity index (χ1) is 10.7. The molecule has 22 heavy (non-hydrogen) atoms. The van der Waals surface area contributed by atoms with Crippen molar-refractivity contribution in [3.8, 4) is 11.5 Å². The van der Waals surface area contributed by atoms with Crippen LogP contribution in [0.25, 0.3) is 0 Å². The van der Waals surface area contributed by atoms with E-state index in [9.17, 15) is 0 Å². The Kier molecular flexibility index (Phi) is 6.27. The van der Waals surface area contributed by atoms with E-state index in [1.807, 2.05) is 30.3 Å². The molecule has 0 radical (unpaired) electrons. The highest BCUT2D eigenvalue weighted by atomic mass is 16.5. The summed E-state index contributed by atoms with van der Waals surface area (Å²) in [6, 6.07) is 14.7. The van der Waals surface area contributed by atoms with Crippen LogP contribution in [0.3, 0.4) is 0 Å². The van der Waals surface area contributed by atoms with E-state index in [0.717, 1.165) is 5.56 Å². The van der Waals surface area contributed by atoms with Crippen LogP contribution in [0.2, 0.25) is 0 Å². The van der Waals surface area contributed by atoms with Gasteiger partial charge in [0.25, 0.3) is 0 Å². The third-order valence-corrected chi connectivity index (χ3v) is 3.08. The Morgan fingerprint density at radius 1 is 0.955 bits per heavy atom. The molecule has 0 aliphatic carbocycles. The van der Waals surface area contributed by atoms with Crippen LogP contribution in [-0.2, 0) is 11.3 Å².